The standard InChI is InChI=1S/C55H39FN2/c56-46-31-35-49(36-32-46)58-53-24-14-13-23-51(53)52-38-37-50(39-54(52)58)57(47-21-11-4-12-22-47)48-33-27-41(28-34-48)40-25-29-45(30-26-40)55(42-15-5-1-6-16-42,43-17-7-2-8-18-43)44-19-9-3-10-20-44/h1-39H. The predicted octanol–water partition coefficient (Wildman–Crippen LogP) is 14.4. The van der Waals surface area contributed by atoms with Gasteiger partial charge in [-0.3, -0.25) is 0 Å². The third-order valence-electron chi connectivity index (χ3n) is 11.4. The van der Waals surface area contributed by atoms with E-state index in [0.29, 0.717) is 0 Å². The van der Waals surface area contributed by atoms with Crippen LogP contribution in [0.5, 0.6) is 0 Å². The maximum absolute atomic E-state index is 14.1. The van der Waals surface area contributed by atoms with Gasteiger partial charge < -0.3 is 9.47 Å². The molecule has 0 amide bonds. The highest BCUT2D eigenvalue weighted by atomic mass is 19.1. The van der Waals surface area contributed by atoms with Crippen molar-refractivity contribution in [3.05, 3.63) is 265 Å². The molecule has 0 fully saturated rings. The molecule has 2 nitrogen and oxygen atoms in total. The quantitative estimate of drug-likeness (QED) is 0.134. The second-order valence-corrected chi connectivity index (χ2v) is 14.7. The Morgan fingerprint density at radius 1 is 0.345 bits per heavy atom. The Bertz CT molecular complexity index is 2860. The van der Waals surface area contributed by atoms with Gasteiger partial charge >= 0.3 is 0 Å². The molecule has 10 aromatic rings. The van der Waals surface area contributed by atoms with E-state index in [1.807, 2.05) is 18.2 Å². The molecule has 0 aliphatic carbocycles. The van der Waals surface area contributed by atoms with Gasteiger partial charge in [0, 0.05) is 33.5 Å². The number of rotatable bonds is 9. The molecule has 9 aromatic carbocycles. The summed E-state index contributed by atoms with van der Waals surface area (Å²) >= 11 is 0. The highest BCUT2D eigenvalue weighted by molar-refractivity contribution is 6.10. The first-order valence-electron chi connectivity index (χ1n) is 19.7. The van der Waals surface area contributed by atoms with Crippen molar-refractivity contribution in [1.29, 1.82) is 0 Å². The minimum atomic E-state index is -0.494. The summed E-state index contributed by atoms with van der Waals surface area (Å²) in [4.78, 5) is 2.30. The van der Waals surface area contributed by atoms with Crippen molar-refractivity contribution in [2.75, 3.05) is 4.90 Å². The van der Waals surface area contributed by atoms with Crippen LogP contribution in [0.4, 0.5) is 21.5 Å². The van der Waals surface area contributed by atoms with Gasteiger partial charge in [0.25, 0.3) is 0 Å². The summed E-state index contributed by atoms with van der Waals surface area (Å²) in [6.45, 7) is 0. The average molecular weight is 747 g/mol. The van der Waals surface area contributed by atoms with Crippen molar-refractivity contribution in [3.63, 3.8) is 0 Å². The Balaban J connectivity index is 1.06. The van der Waals surface area contributed by atoms with Gasteiger partial charge in [0.05, 0.1) is 16.4 Å². The topological polar surface area (TPSA) is 8.17 Å². The minimum Gasteiger partial charge on any atom is -0.310 e. The first-order valence-corrected chi connectivity index (χ1v) is 19.7. The third kappa shape index (κ3) is 6.05. The smallest absolute Gasteiger partial charge is 0.123 e. The van der Waals surface area contributed by atoms with E-state index in [1.165, 1.54) is 34.4 Å². The summed E-state index contributed by atoms with van der Waals surface area (Å²) < 4.78 is 16.3. The van der Waals surface area contributed by atoms with Gasteiger partial charge in [0.2, 0.25) is 0 Å². The van der Waals surface area contributed by atoms with E-state index >= 15 is 0 Å². The fraction of sp³-hybridized carbons (Fsp3) is 0.0182. The lowest BCUT2D eigenvalue weighted by molar-refractivity contribution is 0.627. The third-order valence-corrected chi connectivity index (χ3v) is 11.4. The molecule has 0 N–H and O–H groups in total. The highest BCUT2D eigenvalue weighted by Crippen LogP contribution is 2.46. The number of nitrogens with zero attached hydrogens (tertiary/aromatic N) is 2. The first-order chi connectivity index (χ1) is 28.7. The van der Waals surface area contributed by atoms with Gasteiger partial charge in [-0.25, -0.2) is 4.39 Å². The first kappa shape index (κ1) is 35.0. The van der Waals surface area contributed by atoms with Crippen LogP contribution in [0.2, 0.25) is 0 Å². The SMILES string of the molecule is Fc1ccc(-n2c3ccccc3c3ccc(N(c4ccccc4)c4ccc(-c5ccc(C(c6ccccc6)(c6ccccc6)c6ccccc6)cc5)cc4)cc32)cc1. The van der Waals surface area contributed by atoms with Gasteiger partial charge in [0.15, 0.2) is 0 Å². The second-order valence-electron chi connectivity index (χ2n) is 14.7. The normalized spacial score (nSPS) is 11.5. The Labute approximate surface area is 338 Å². The summed E-state index contributed by atoms with van der Waals surface area (Å²) in [7, 11) is 0. The zero-order chi connectivity index (χ0) is 38.9. The van der Waals surface area contributed by atoms with Crippen LogP contribution in [0.3, 0.4) is 0 Å². The molecule has 276 valence electrons. The van der Waals surface area contributed by atoms with E-state index in [0.717, 1.165) is 55.7 Å². The largest absolute Gasteiger partial charge is 0.310 e. The van der Waals surface area contributed by atoms with Crippen LogP contribution < -0.4 is 4.90 Å². The number of benzene rings is 9. The zero-order valence-corrected chi connectivity index (χ0v) is 31.8. The summed E-state index contributed by atoms with van der Waals surface area (Å²) in [6.07, 6.45) is 0. The van der Waals surface area contributed by atoms with Crippen molar-refractivity contribution in [3.8, 4) is 16.8 Å². The molecule has 0 saturated heterocycles. The summed E-state index contributed by atoms with van der Waals surface area (Å²) in [6, 6.07) is 82.7. The number of hydrogen-bond acceptors (Lipinski definition) is 1. The van der Waals surface area contributed by atoms with Gasteiger partial charge in [-0.15, -0.1) is 0 Å². The molecular formula is C55H39FN2. The molecule has 1 heterocycles. The fourth-order valence-corrected chi connectivity index (χ4v) is 8.77. The minimum absolute atomic E-state index is 0.250. The predicted molar refractivity (Wildman–Crippen MR) is 239 cm³/mol. The van der Waals surface area contributed by atoms with E-state index in [4.69, 9.17) is 0 Å². The summed E-state index contributed by atoms with van der Waals surface area (Å²) in [5, 5.41) is 2.30. The lowest BCUT2D eigenvalue weighted by Crippen LogP contribution is -2.30. The van der Waals surface area contributed by atoms with Crippen molar-refractivity contribution in [1.82, 2.24) is 4.57 Å². The monoisotopic (exact) mass is 746 g/mol. The van der Waals surface area contributed by atoms with Crippen LogP contribution in [0.1, 0.15) is 22.3 Å². The van der Waals surface area contributed by atoms with Gasteiger partial charge in [-0.1, -0.05) is 170 Å². The molecular weight excluding hydrogens is 708 g/mol. The molecule has 58 heavy (non-hydrogen) atoms. The molecule has 0 spiro atoms. The molecule has 0 aliphatic heterocycles. The van der Waals surface area contributed by atoms with E-state index in [-0.39, 0.29) is 5.82 Å². The maximum atomic E-state index is 14.1. The summed E-state index contributed by atoms with van der Waals surface area (Å²) in [5.41, 5.74) is 12.9. The Morgan fingerprint density at radius 2 is 0.776 bits per heavy atom. The number of anilines is 3. The summed E-state index contributed by atoms with van der Waals surface area (Å²) in [5.74, 6) is -0.250. The number of para-hydroxylation sites is 2. The molecule has 0 radical (unpaired) electrons. The van der Waals surface area contributed by atoms with Crippen LogP contribution in [0, 0.1) is 5.82 Å². The molecule has 0 atom stereocenters. The number of fused-ring (bicyclic) bond motifs is 3. The van der Waals surface area contributed by atoms with Crippen molar-refractivity contribution < 1.29 is 4.39 Å². The molecule has 1 aromatic heterocycles. The molecule has 0 saturated carbocycles. The molecule has 0 aliphatic rings. The van der Waals surface area contributed by atoms with E-state index in [9.17, 15) is 4.39 Å². The molecule has 3 heteroatoms. The Morgan fingerprint density at radius 3 is 1.34 bits per heavy atom. The Kier molecular flexibility index (Phi) is 8.96. The van der Waals surface area contributed by atoms with Gasteiger partial charge in [-0.2, -0.15) is 0 Å². The van der Waals surface area contributed by atoms with Crippen molar-refractivity contribution in [2.24, 2.45) is 0 Å². The fourth-order valence-electron chi connectivity index (χ4n) is 8.77. The number of hydrogen-bond donors (Lipinski definition) is 0. The molecule has 0 bridgehead atoms. The van der Waals surface area contributed by atoms with E-state index in [1.54, 1.807) is 0 Å². The second kappa shape index (κ2) is 14.9. The van der Waals surface area contributed by atoms with Crippen LogP contribution >= 0.6 is 0 Å². The molecule has 0 unspecified atom stereocenters. The zero-order valence-electron chi connectivity index (χ0n) is 31.8. The van der Waals surface area contributed by atoms with Crippen LogP contribution in [-0.2, 0) is 5.41 Å². The number of halogens is 1. The molecule has 10 rings (SSSR count). The van der Waals surface area contributed by atoms with E-state index < -0.39 is 5.41 Å². The number of aromatic nitrogens is 1. The lowest BCUT2D eigenvalue weighted by Gasteiger charge is -2.37. The van der Waals surface area contributed by atoms with Crippen molar-refractivity contribution in [2.45, 2.75) is 5.41 Å². The van der Waals surface area contributed by atoms with Gasteiger partial charge in [-0.05, 0) is 100 Å². The highest BCUT2D eigenvalue weighted by Gasteiger charge is 2.38. The van der Waals surface area contributed by atoms with Crippen LogP contribution in [0.25, 0.3) is 38.6 Å². The van der Waals surface area contributed by atoms with Crippen LogP contribution in [-0.4, -0.2) is 4.57 Å². The maximum Gasteiger partial charge on any atom is 0.123 e. The van der Waals surface area contributed by atoms with Crippen LogP contribution in [0.15, 0.2) is 237 Å². The lowest BCUT2D eigenvalue weighted by atomic mass is 9.65. The Hall–Kier alpha value is -7.49. The van der Waals surface area contributed by atoms with Crippen molar-refractivity contribution >= 4 is 38.9 Å². The average Bonchev–Trinajstić information content (AvgIpc) is 3.63. The van der Waals surface area contributed by atoms with E-state index in [2.05, 4.69) is 216 Å². The van der Waals surface area contributed by atoms with Gasteiger partial charge in [0.1, 0.15) is 5.82 Å².